The van der Waals surface area contributed by atoms with E-state index in [1.54, 1.807) is 0 Å². The molecule has 6 rings (SSSR count). The minimum absolute atomic E-state index is 0.0531. The number of piperazine rings is 1. The molecule has 0 unspecified atom stereocenters. The van der Waals surface area contributed by atoms with Gasteiger partial charge in [0, 0.05) is 33.5 Å². The van der Waals surface area contributed by atoms with Gasteiger partial charge in [-0.15, -0.1) is 0 Å². The number of aromatic nitrogens is 1. The van der Waals surface area contributed by atoms with Crippen molar-refractivity contribution in [2.24, 2.45) is 0 Å². The zero-order chi connectivity index (χ0) is 21.8. The molecule has 164 valence electrons. The number of H-pyrrole nitrogens is 1. The van der Waals surface area contributed by atoms with Crippen molar-refractivity contribution in [3.05, 3.63) is 69.8 Å². The van der Waals surface area contributed by atoms with Crippen molar-refractivity contribution in [1.29, 1.82) is 0 Å². The Morgan fingerprint density at radius 3 is 2.47 bits per heavy atom. The highest BCUT2D eigenvalue weighted by Gasteiger charge is 2.49. The standard InChI is InChI=1S/C26H26BrN3O2/c27-17-12-10-16(11-13-17)25-24-20(19-8-4-5-9-21(19)28-24)14-22-26(32)29(15-23(31)30(22)25)18-6-2-1-3-7-18/h4-5,8-13,18,22,25,28H,1-3,6-7,14-15H2/t22-,25-/m0/s1. The Labute approximate surface area is 195 Å². The summed E-state index contributed by atoms with van der Waals surface area (Å²) in [5, 5.41) is 1.15. The quantitative estimate of drug-likeness (QED) is 0.551. The molecule has 2 aliphatic heterocycles. The summed E-state index contributed by atoms with van der Waals surface area (Å²) in [6.07, 6.45) is 6.11. The lowest BCUT2D eigenvalue weighted by atomic mass is 9.85. The van der Waals surface area contributed by atoms with Crippen LogP contribution in [0.4, 0.5) is 0 Å². The fourth-order valence-corrected chi connectivity index (χ4v) is 6.24. The van der Waals surface area contributed by atoms with E-state index in [1.165, 1.54) is 12.0 Å². The van der Waals surface area contributed by atoms with Crippen molar-refractivity contribution >= 4 is 38.6 Å². The fraction of sp³-hybridized carbons (Fsp3) is 0.385. The van der Waals surface area contributed by atoms with E-state index in [-0.39, 0.29) is 30.4 Å². The maximum atomic E-state index is 13.8. The predicted octanol–water partition coefficient (Wildman–Crippen LogP) is 4.95. The number of carbonyl (C=O) groups excluding carboxylic acids is 2. The van der Waals surface area contributed by atoms with Crippen LogP contribution in [0.1, 0.15) is 55.0 Å². The van der Waals surface area contributed by atoms with Gasteiger partial charge in [-0.05, 0) is 42.2 Å². The first-order valence-electron chi connectivity index (χ1n) is 11.6. The van der Waals surface area contributed by atoms with Crippen LogP contribution in [0.5, 0.6) is 0 Å². The van der Waals surface area contributed by atoms with E-state index in [4.69, 9.17) is 0 Å². The molecule has 3 aromatic rings. The minimum atomic E-state index is -0.446. The van der Waals surface area contributed by atoms with Gasteiger partial charge in [-0.2, -0.15) is 0 Å². The number of halogens is 1. The van der Waals surface area contributed by atoms with Crippen LogP contribution in [0.25, 0.3) is 10.9 Å². The van der Waals surface area contributed by atoms with E-state index < -0.39 is 6.04 Å². The van der Waals surface area contributed by atoms with E-state index >= 15 is 0 Å². The van der Waals surface area contributed by atoms with Gasteiger partial charge in [0.25, 0.3) is 0 Å². The summed E-state index contributed by atoms with van der Waals surface area (Å²) in [6.45, 7) is 0.197. The molecular formula is C26H26BrN3O2. The third-order valence-corrected chi connectivity index (χ3v) is 8.02. The Balaban J connectivity index is 1.48. The number of nitrogens with zero attached hydrogens (tertiary/aromatic N) is 2. The number of aromatic amines is 1. The Morgan fingerprint density at radius 2 is 1.69 bits per heavy atom. The predicted molar refractivity (Wildman–Crippen MR) is 127 cm³/mol. The van der Waals surface area contributed by atoms with Crippen LogP contribution in [-0.2, 0) is 16.0 Å². The lowest BCUT2D eigenvalue weighted by Gasteiger charge is -2.49. The van der Waals surface area contributed by atoms with Crippen molar-refractivity contribution in [2.45, 2.75) is 56.7 Å². The summed E-state index contributed by atoms with van der Waals surface area (Å²) in [4.78, 5) is 34.8. The van der Waals surface area contributed by atoms with Gasteiger partial charge < -0.3 is 14.8 Å². The third-order valence-electron chi connectivity index (χ3n) is 7.49. The van der Waals surface area contributed by atoms with Crippen molar-refractivity contribution in [3.8, 4) is 0 Å². The van der Waals surface area contributed by atoms with Gasteiger partial charge in [-0.25, -0.2) is 0 Å². The highest BCUT2D eigenvalue weighted by Crippen LogP contribution is 2.43. The maximum Gasteiger partial charge on any atom is 0.246 e. The minimum Gasteiger partial charge on any atom is -0.356 e. The zero-order valence-electron chi connectivity index (χ0n) is 17.9. The second-order valence-corrected chi connectivity index (χ2v) is 10.2. The van der Waals surface area contributed by atoms with E-state index in [1.807, 2.05) is 34.1 Å². The number of rotatable bonds is 2. The molecule has 6 heteroatoms. The second-order valence-electron chi connectivity index (χ2n) is 9.30. The molecule has 32 heavy (non-hydrogen) atoms. The Kier molecular flexibility index (Phi) is 4.86. The van der Waals surface area contributed by atoms with E-state index in [9.17, 15) is 9.59 Å². The number of fused-ring (bicyclic) bond motifs is 4. The van der Waals surface area contributed by atoms with Crippen LogP contribution < -0.4 is 0 Å². The van der Waals surface area contributed by atoms with Crippen LogP contribution in [0.2, 0.25) is 0 Å². The van der Waals surface area contributed by atoms with Crippen molar-refractivity contribution in [2.75, 3.05) is 6.54 Å². The Bertz CT molecular complexity index is 1200. The van der Waals surface area contributed by atoms with Gasteiger partial charge in [0.15, 0.2) is 0 Å². The topological polar surface area (TPSA) is 56.4 Å². The smallest absolute Gasteiger partial charge is 0.246 e. The number of para-hydroxylation sites is 1. The highest BCUT2D eigenvalue weighted by atomic mass is 79.9. The average Bonchev–Trinajstić information content (AvgIpc) is 3.20. The van der Waals surface area contributed by atoms with Crippen LogP contribution in [0.15, 0.2) is 53.0 Å². The van der Waals surface area contributed by atoms with E-state index in [0.717, 1.165) is 52.3 Å². The molecule has 0 bridgehead atoms. The van der Waals surface area contributed by atoms with E-state index in [0.29, 0.717) is 6.42 Å². The molecule has 2 fully saturated rings. The van der Waals surface area contributed by atoms with Gasteiger partial charge in [-0.3, -0.25) is 9.59 Å². The molecule has 1 saturated heterocycles. The highest BCUT2D eigenvalue weighted by molar-refractivity contribution is 9.10. The Morgan fingerprint density at radius 1 is 0.938 bits per heavy atom. The molecule has 2 aromatic carbocycles. The molecule has 0 spiro atoms. The first-order valence-corrected chi connectivity index (χ1v) is 12.4. The molecule has 2 amide bonds. The Hall–Kier alpha value is -2.60. The van der Waals surface area contributed by atoms with Crippen LogP contribution >= 0.6 is 15.9 Å². The van der Waals surface area contributed by atoms with Gasteiger partial charge in [-0.1, -0.05) is 65.5 Å². The largest absolute Gasteiger partial charge is 0.356 e. The number of benzene rings is 2. The van der Waals surface area contributed by atoms with Gasteiger partial charge >= 0.3 is 0 Å². The molecule has 1 aliphatic carbocycles. The summed E-state index contributed by atoms with van der Waals surface area (Å²) in [5.74, 6) is 0.173. The fourth-order valence-electron chi connectivity index (χ4n) is 5.98. The van der Waals surface area contributed by atoms with Crippen molar-refractivity contribution in [3.63, 3.8) is 0 Å². The van der Waals surface area contributed by atoms with Gasteiger partial charge in [0.1, 0.15) is 12.6 Å². The molecule has 5 nitrogen and oxygen atoms in total. The average molecular weight is 492 g/mol. The summed E-state index contributed by atoms with van der Waals surface area (Å²) in [7, 11) is 0. The number of hydrogen-bond acceptors (Lipinski definition) is 2. The molecule has 1 N–H and O–H groups in total. The lowest BCUT2D eigenvalue weighted by molar-refractivity contribution is -0.161. The van der Waals surface area contributed by atoms with Gasteiger partial charge in [0.2, 0.25) is 11.8 Å². The van der Waals surface area contributed by atoms with E-state index in [2.05, 4.69) is 45.2 Å². The summed E-state index contributed by atoms with van der Waals surface area (Å²) >= 11 is 3.52. The first-order chi connectivity index (χ1) is 15.6. The molecular weight excluding hydrogens is 466 g/mol. The number of nitrogens with one attached hydrogen (secondary N) is 1. The molecule has 2 atom stereocenters. The molecule has 1 saturated carbocycles. The summed E-state index contributed by atoms with van der Waals surface area (Å²) in [5.41, 5.74) is 4.29. The SMILES string of the molecule is O=C1[C@@H]2Cc3c([nH]c4ccccc34)[C@H](c3ccc(Br)cc3)N2C(=O)CN1C1CCCCC1. The number of hydrogen-bond donors (Lipinski definition) is 1. The summed E-state index contributed by atoms with van der Waals surface area (Å²) in [6, 6.07) is 15.8. The lowest BCUT2D eigenvalue weighted by Crippen LogP contribution is -2.64. The number of carbonyl (C=O) groups is 2. The first kappa shape index (κ1) is 20.0. The zero-order valence-corrected chi connectivity index (χ0v) is 19.5. The molecule has 0 radical (unpaired) electrons. The van der Waals surface area contributed by atoms with Crippen molar-refractivity contribution in [1.82, 2.24) is 14.8 Å². The van der Waals surface area contributed by atoms with Crippen LogP contribution in [-0.4, -0.2) is 45.2 Å². The second kappa shape index (κ2) is 7.77. The summed E-state index contributed by atoms with van der Waals surface area (Å²) < 4.78 is 0.995. The maximum absolute atomic E-state index is 13.8. The molecule has 3 aliphatic rings. The monoisotopic (exact) mass is 491 g/mol. The number of amides is 2. The van der Waals surface area contributed by atoms with Crippen molar-refractivity contribution < 1.29 is 9.59 Å². The van der Waals surface area contributed by atoms with Gasteiger partial charge in [0.05, 0.1) is 6.04 Å². The van der Waals surface area contributed by atoms with Crippen LogP contribution in [0, 0.1) is 0 Å². The van der Waals surface area contributed by atoms with Crippen LogP contribution in [0.3, 0.4) is 0 Å². The molecule has 1 aromatic heterocycles. The molecule has 3 heterocycles. The normalized spacial score (nSPS) is 24.0. The third kappa shape index (κ3) is 3.11.